The summed E-state index contributed by atoms with van der Waals surface area (Å²) in [5.74, 6) is 1.56. The van der Waals surface area contributed by atoms with Crippen molar-refractivity contribution in [3.8, 4) is 17.6 Å². The number of ether oxygens (including phenoxy) is 1. The molecular formula is C17H18N10O. The Balaban J connectivity index is 1.55. The number of imidazole rings is 1. The molecule has 3 aromatic rings. The minimum atomic E-state index is 0.0622. The Morgan fingerprint density at radius 3 is 2.89 bits per heavy atom. The van der Waals surface area contributed by atoms with Crippen LogP contribution in [0.15, 0.2) is 30.9 Å². The number of anilines is 3. The number of nitriles is 1. The van der Waals surface area contributed by atoms with Crippen molar-refractivity contribution >= 4 is 17.3 Å². The van der Waals surface area contributed by atoms with Gasteiger partial charge in [-0.2, -0.15) is 5.26 Å². The number of morpholine rings is 1. The van der Waals surface area contributed by atoms with Crippen LogP contribution >= 0.6 is 0 Å². The lowest BCUT2D eigenvalue weighted by Gasteiger charge is -2.24. The van der Waals surface area contributed by atoms with E-state index in [-0.39, 0.29) is 11.8 Å². The van der Waals surface area contributed by atoms with Gasteiger partial charge in [0.2, 0.25) is 0 Å². The molecule has 4 rings (SSSR count). The van der Waals surface area contributed by atoms with Gasteiger partial charge in [-0.3, -0.25) is 0 Å². The van der Waals surface area contributed by atoms with Crippen LogP contribution in [-0.2, 0) is 4.74 Å². The molecule has 28 heavy (non-hydrogen) atoms. The second-order valence-electron chi connectivity index (χ2n) is 6.03. The number of hydrogen-bond donors (Lipinski definition) is 4. The summed E-state index contributed by atoms with van der Waals surface area (Å²) in [4.78, 5) is 15.4. The van der Waals surface area contributed by atoms with Crippen molar-refractivity contribution in [2.24, 2.45) is 0 Å². The van der Waals surface area contributed by atoms with Gasteiger partial charge in [0.05, 0.1) is 30.8 Å². The maximum Gasteiger partial charge on any atom is 0.160 e. The molecule has 0 radical (unpaired) electrons. The van der Waals surface area contributed by atoms with Crippen LogP contribution in [0.2, 0.25) is 0 Å². The zero-order chi connectivity index (χ0) is 19.2. The molecule has 11 nitrogen and oxygen atoms in total. The van der Waals surface area contributed by atoms with E-state index in [9.17, 15) is 0 Å². The summed E-state index contributed by atoms with van der Waals surface area (Å²) in [5.41, 5.74) is 1.60. The molecule has 1 saturated heterocycles. The SMILES string of the molecule is N#Cc1cnc(Nc2cc(NC[C@@H]3CNCCO3)c(-c3ncc[nH]3)nn2)cn1. The van der Waals surface area contributed by atoms with Crippen LogP contribution in [0.4, 0.5) is 17.3 Å². The first-order valence-electron chi connectivity index (χ1n) is 8.74. The second kappa shape index (κ2) is 8.38. The van der Waals surface area contributed by atoms with Gasteiger partial charge < -0.3 is 25.7 Å². The molecule has 4 heterocycles. The number of aromatic amines is 1. The quantitative estimate of drug-likeness (QED) is 0.482. The fourth-order valence-corrected chi connectivity index (χ4v) is 2.71. The lowest BCUT2D eigenvalue weighted by molar-refractivity contribution is 0.0372. The van der Waals surface area contributed by atoms with E-state index in [1.54, 1.807) is 12.4 Å². The Morgan fingerprint density at radius 1 is 1.21 bits per heavy atom. The highest BCUT2D eigenvalue weighted by Crippen LogP contribution is 2.25. The summed E-state index contributed by atoms with van der Waals surface area (Å²) < 4.78 is 5.73. The number of aromatic nitrogens is 6. The van der Waals surface area contributed by atoms with Crippen molar-refractivity contribution in [2.75, 3.05) is 36.9 Å². The number of hydrogen-bond acceptors (Lipinski definition) is 10. The third kappa shape index (κ3) is 4.20. The van der Waals surface area contributed by atoms with E-state index >= 15 is 0 Å². The monoisotopic (exact) mass is 378 g/mol. The number of nitrogens with zero attached hydrogens (tertiary/aromatic N) is 6. The maximum atomic E-state index is 8.82. The zero-order valence-electron chi connectivity index (χ0n) is 14.9. The molecule has 0 unspecified atom stereocenters. The molecule has 0 saturated carbocycles. The average Bonchev–Trinajstić information content (AvgIpc) is 3.28. The van der Waals surface area contributed by atoms with E-state index in [0.29, 0.717) is 36.3 Å². The van der Waals surface area contributed by atoms with Crippen molar-refractivity contribution in [2.45, 2.75) is 6.10 Å². The number of nitrogens with one attached hydrogen (secondary N) is 4. The van der Waals surface area contributed by atoms with Crippen molar-refractivity contribution in [1.29, 1.82) is 5.26 Å². The van der Waals surface area contributed by atoms with Gasteiger partial charge >= 0.3 is 0 Å². The molecule has 1 aliphatic rings. The second-order valence-corrected chi connectivity index (χ2v) is 6.03. The topological polar surface area (TPSA) is 149 Å². The standard InChI is InChI=1S/C17H18N10O/c18-6-11-7-24-15(10-22-11)25-14-5-13(23-9-12-8-19-3-4-28-12)16(27-26-14)17-20-1-2-21-17/h1-2,5,7,10,12,19H,3-4,8-9H2,(H,20,21)(H2,23,24,25,26)/t12-/m0/s1. The largest absolute Gasteiger partial charge is 0.380 e. The molecule has 0 aliphatic carbocycles. The zero-order valence-corrected chi connectivity index (χ0v) is 14.9. The maximum absolute atomic E-state index is 8.82. The smallest absolute Gasteiger partial charge is 0.160 e. The van der Waals surface area contributed by atoms with Crippen LogP contribution in [0.25, 0.3) is 11.5 Å². The first-order valence-corrected chi connectivity index (χ1v) is 8.74. The Morgan fingerprint density at radius 2 is 2.18 bits per heavy atom. The van der Waals surface area contributed by atoms with Gasteiger partial charge in [0.1, 0.15) is 11.9 Å². The lowest BCUT2D eigenvalue weighted by Crippen LogP contribution is -2.42. The molecule has 3 aromatic heterocycles. The molecule has 142 valence electrons. The van der Waals surface area contributed by atoms with Gasteiger partial charge in [0.15, 0.2) is 23.0 Å². The Labute approximate surface area is 160 Å². The molecule has 11 heteroatoms. The predicted octanol–water partition coefficient (Wildman–Crippen LogP) is 0.672. The van der Waals surface area contributed by atoms with E-state index < -0.39 is 0 Å². The highest BCUT2D eigenvalue weighted by atomic mass is 16.5. The summed E-state index contributed by atoms with van der Waals surface area (Å²) in [6.07, 6.45) is 6.31. The molecular weight excluding hydrogens is 360 g/mol. The number of rotatable bonds is 6. The van der Waals surface area contributed by atoms with Gasteiger partial charge in [-0.15, -0.1) is 10.2 Å². The van der Waals surface area contributed by atoms with Crippen LogP contribution in [0.1, 0.15) is 5.69 Å². The normalized spacial score (nSPS) is 16.3. The van der Waals surface area contributed by atoms with Crippen molar-refractivity contribution in [3.05, 3.63) is 36.5 Å². The van der Waals surface area contributed by atoms with E-state index in [2.05, 4.69) is 46.1 Å². The number of H-pyrrole nitrogens is 1. The van der Waals surface area contributed by atoms with Crippen LogP contribution < -0.4 is 16.0 Å². The molecule has 0 spiro atoms. The summed E-state index contributed by atoms with van der Waals surface area (Å²) in [7, 11) is 0. The first kappa shape index (κ1) is 17.8. The van der Waals surface area contributed by atoms with Crippen LogP contribution in [-0.4, -0.2) is 62.5 Å². The summed E-state index contributed by atoms with van der Waals surface area (Å²) >= 11 is 0. The van der Waals surface area contributed by atoms with Gasteiger partial charge in [-0.25, -0.2) is 15.0 Å². The van der Waals surface area contributed by atoms with E-state index in [1.807, 2.05) is 12.1 Å². The molecule has 1 fully saturated rings. The molecule has 0 aromatic carbocycles. The Bertz CT molecular complexity index is 945. The highest BCUT2D eigenvalue weighted by Gasteiger charge is 2.16. The van der Waals surface area contributed by atoms with E-state index in [0.717, 1.165) is 18.8 Å². The summed E-state index contributed by atoms with van der Waals surface area (Å²) in [5, 5.41) is 27.0. The third-order valence-electron chi connectivity index (χ3n) is 4.06. The van der Waals surface area contributed by atoms with Crippen LogP contribution in [0.3, 0.4) is 0 Å². The van der Waals surface area contributed by atoms with Crippen LogP contribution in [0.5, 0.6) is 0 Å². The van der Waals surface area contributed by atoms with Crippen molar-refractivity contribution in [3.63, 3.8) is 0 Å². The minimum Gasteiger partial charge on any atom is -0.380 e. The van der Waals surface area contributed by atoms with Gasteiger partial charge in [-0.05, 0) is 0 Å². The highest BCUT2D eigenvalue weighted by molar-refractivity contribution is 5.72. The molecule has 4 N–H and O–H groups in total. The van der Waals surface area contributed by atoms with Crippen LogP contribution in [0, 0.1) is 11.3 Å². The minimum absolute atomic E-state index is 0.0622. The molecule has 0 bridgehead atoms. The fraction of sp³-hybridized carbons (Fsp3) is 0.294. The molecule has 1 aliphatic heterocycles. The average molecular weight is 378 g/mol. The van der Waals surface area contributed by atoms with Gasteiger partial charge in [0.25, 0.3) is 0 Å². The summed E-state index contributed by atoms with van der Waals surface area (Å²) in [6.45, 7) is 2.96. The molecule has 0 amide bonds. The van der Waals surface area contributed by atoms with E-state index in [4.69, 9.17) is 10.00 Å². The first-order chi connectivity index (χ1) is 13.8. The van der Waals surface area contributed by atoms with Crippen molar-refractivity contribution in [1.82, 2.24) is 35.5 Å². The fourth-order valence-electron chi connectivity index (χ4n) is 2.71. The van der Waals surface area contributed by atoms with Gasteiger partial charge in [0, 0.05) is 38.1 Å². The van der Waals surface area contributed by atoms with Gasteiger partial charge in [-0.1, -0.05) is 0 Å². The predicted molar refractivity (Wildman–Crippen MR) is 101 cm³/mol. The lowest BCUT2D eigenvalue weighted by atomic mass is 10.2. The summed E-state index contributed by atoms with van der Waals surface area (Å²) in [6, 6.07) is 3.75. The molecule has 1 atom stereocenters. The Hall–Kier alpha value is -3.62. The Kier molecular flexibility index (Phi) is 5.32. The van der Waals surface area contributed by atoms with Crippen molar-refractivity contribution < 1.29 is 4.74 Å². The third-order valence-corrected chi connectivity index (χ3v) is 4.06. The van der Waals surface area contributed by atoms with E-state index in [1.165, 1.54) is 12.4 Å².